The molecule has 4 aliphatic heterocycles. The summed E-state index contributed by atoms with van der Waals surface area (Å²) in [5, 5.41) is 8.69. The lowest BCUT2D eigenvalue weighted by molar-refractivity contribution is -0.153. The van der Waals surface area contributed by atoms with Crippen LogP contribution in [0.1, 0.15) is 31.0 Å². The van der Waals surface area contributed by atoms with Crippen LogP contribution in [0.25, 0.3) is 11.0 Å². The van der Waals surface area contributed by atoms with Crippen molar-refractivity contribution in [2.24, 2.45) is 5.41 Å². The number of nitrogens with zero attached hydrogens (tertiary/aromatic N) is 3. The average molecular weight is 550 g/mol. The van der Waals surface area contributed by atoms with E-state index in [0.717, 1.165) is 5.56 Å². The van der Waals surface area contributed by atoms with Gasteiger partial charge in [-0.05, 0) is 31.0 Å². The zero-order valence-corrected chi connectivity index (χ0v) is 21.5. The summed E-state index contributed by atoms with van der Waals surface area (Å²) in [6.45, 7) is 3.76. The van der Waals surface area contributed by atoms with Gasteiger partial charge in [0.05, 0.1) is 29.3 Å². The van der Waals surface area contributed by atoms with E-state index in [2.05, 4.69) is 15.8 Å². The molecule has 2 N–H and O–H groups in total. The number of amides is 5. The molecule has 206 valence electrons. The molecule has 4 atom stereocenters. The number of barbiturate groups is 1. The number of cyclic esters (lactones) is 1. The maximum absolute atomic E-state index is 16.4. The Morgan fingerprint density at radius 1 is 1.07 bits per heavy atom. The first-order chi connectivity index (χ1) is 19.2. The number of ether oxygens (including phenoxy) is 2. The van der Waals surface area contributed by atoms with Crippen molar-refractivity contribution in [3.63, 3.8) is 0 Å². The highest BCUT2D eigenvalue weighted by Crippen LogP contribution is 2.50. The van der Waals surface area contributed by atoms with Gasteiger partial charge in [-0.3, -0.25) is 20.2 Å². The Bertz CT molecular complexity index is 1590. The van der Waals surface area contributed by atoms with Crippen molar-refractivity contribution in [1.29, 1.82) is 0 Å². The summed E-state index contributed by atoms with van der Waals surface area (Å²) < 4.78 is 33.2. The number of carbonyl (C=O) groups is 4. The smallest absolute Gasteiger partial charge is 0.416 e. The molecule has 12 nitrogen and oxygen atoms in total. The molecule has 40 heavy (non-hydrogen) atoms. The van der Waals surface area contributed by atoms with Gasteiger partial charge in [0.1, 0.15) is 12.6 Å². The van der Waals surface area contributed by atoms with E-state index in [9.17, 15) is 19.2 Å². The van der Waals surface area contributed by atoms with Gasteiger partial charge in [-0.1, -0.05) is 35.5 Å². The first-order valence-electron chi connectivity index (χ1n) is 12.9. The van der Waals surface area contributed by atoms with Gasteiger partial charge in [-0.15, -0.1) is 0 Å². The summed E-state index contributed by atoms with van der Waals surface area (Å²) in [6, 6.07) is 8.43. The molecular weight excluding hydrogens is 525 g/mol. The predicted molar refractivity (Wildman–Crippen MR) is 136 cm³/mol. The average Bonchev–Trinajstić information content (AvgIpc) is 3.50. The Morgan fingerprint density at radius 3 is 2.52 bits per heavy atom. The van der Waals surface area contributed by atoms with Crippen LogP contribution in [-0.4, -0.2) is 60.5 Å². The Morgan fingerprint density at radius 2 is 1.80 bits per heavy atom. The van der Waals surface area contributed by atoms with E-state index in [-0.39, 0.29) is 48.2 Å². The van der Waals surface area contributed by atoms with Gasteiger partial charge in [0.25, 0.3) is 0 Å². The van der Waals surface area contributed by atoms with Crippen LogP contribution in [0.15, 0.2) is 40.9 Å². The Labute approximate surface area is 226 Å². The molecule has 1 spiro atoms. The lowest BCUT2D eigenvalue weighted by Gasteiger charge is -2.55. The molecule has 5 heterocycles. The molecule has 1 unspecified atom stereocenters. The van der Waals surface area contributed by atoms with Gasteiger partial charge in [0, 0.05) is 13.0 Å². The monoisotopic (exact) mass is 549 g/mol. The molecule has 3 aromatic rings. The number of morpholine rings is 1. The molecule has 7 rings (SSSR count). The molecule has 0 aliphatic carbocycles. The Hall–Kier alpha value is -4.52. The topological polar surface area (TPSA) is 143 Å². The van der Waals surface area contributed by atoms with E-state index in [4.69, 9.17) is 14.0 Å². The molecule has 1 aromatic heterocycles. The molecule has 13 heteroatoms. The standard InChI is InChI=1S/C27H24FN5O7/c1-12-10-32-19-15(9-27(21(32)13(2)39-12)23(34)29-25(36)30-24(27)35)8-16-20(18(19)28)40-31-22(16)33-17(11-38-26(33)37)14-6-4-3-5-7-14/h3-8,12-13,17,21H,9-11H2,1-2H3,(H2,29,30,34,35,36)/t12-,13+,17+,21?/m1/s1. The van der Waals surface area contributed by atoms with Crippen molar-refractivity contribution >= 4 is 46.4 Å². The van der Waals surface area contributed by atoms with Crippen LogP contribution in [-0.2, 0) is 25.5 Å². The number of halogens is 1. The number of urea groups is 1. The normalized spacial score (nSPS) is 27.4. The fourth-order valence-corrected chi connectivity index (χ4v) is 6.69. The maximum atomic E-state index is 16.4. The number of rotatable bonds is 2. The lowest BCUT2D eigenvalue weighted by Crippen LogP contribution is -2.75. The van der Waals surface area contributed by atoms with Crippen LogP contribution in [0.3, 0.4) is 0 Å². The number of imide groups is 2. The third-order valence-electron chi connectivity index (χ3n) is 8.23. The first-order valence-corrected chi connectivity index (χ1v) is 12.9. The van der Waals surface area contributed by atoms with E-state index in [1.807, 2.05) is 37.3 Å². The minimum absolute atomic E-state index is 0.0562. The second kappa shape index (κ2) is 8.49. The summed E-state index contributed by atoms with van der Waals surface area (Å²) in [5.41, 5.74) is -0.669. The van der Waals surface area contributed by atoms with E-state index in [1.165, 1.54) is 4.90 Å². The number of benzene rings is 2. The highest BCUT2D eigenvalue weighted by molar-refractivity contribution is 6.20. The first kappa shape index (κ1) is 24.5. The van der Waals surface area contributed by atoms with Gasteiger partial charge >= 0.3 is 12.1 Å². The third kappa shape index (κ3) is 3.24. The van der Waals surface area contributed by atoms with Crippen molar-refractivity contribution in [3.8, 4) is 0 Å². The highest BCUT2D eigenvalue weighted by Gasteiger charge is 2.63. The van der Waals surface area contributed by atoms with Crippen LogP contribution in [0.2, 0.25) is 0 Å². The summed E-state index contributed by atoms with van der Waals surface area (Å²) in [7, 11) is 0. The van der Waals surface area contributed by atoms with Crippen molar-refractivity contribution in [3.05, 3.63) is 53.3 Å². The van der Waals surface area contributed by atoms with Crippen LogP contribution < -0.4 is 20.4 Å². The van der Waals surface area contributed by atoms with Crippen LogP contribution in [0.5, 0.6) is 0 Å². The fraction of sp³-hybridized carbons (Fsp3) is 0.370. The molecule has 0 saturated carbocycles. The lowest BCUT2D eigenvalue weighted by atomic mass is 9.66. The molecule has 4 aliphatic rings. The van der Waals surface area contributed by atoms with E-state index >= 15 is 4.39 Å². The number of anilines is 2. The summed E-state index contributed by atoms with van der Waals surface area (Å²) >= 11 is 0. The zero-order chi connectivity index (χ0) is 27.9. The van der Waals surface area contributed by atoms with E-state index in [1.54, 1.807) is 17.9 Å². The second-order valence-electron chi connectivity index (χ2n) is 10.6. The number of hydrogen-bond donors (Lipinski definition) is 2. The van der Waals surface area contributed by atoms with Gasteiger partial charge in [-0.2, -0.15) is 0 Å². The molecule has 0 radical (unpaired) electrons. The van der Waals surface area contributed by atoms with Crippen molar-refractivity contribution < 1.29 is 37.6 Å². The van der Waals surface area contributed by atoms with Crippen LogP contribution >= 0.6 is 0 Å². The SMILES string of the molecule is C[C@@H]1CN2c3c(cc4c(N5C(=O)OC[C@H]5c5ccccc5)noc4c3F)CC3(C(=O)NC(=O)NC3=O)C2[C@H](C)O1. The fourth-order valence-electron chi connectivity index (χ4n) is 6.69. The predicted octanol–water partition coefficient (Wildman–Crippen LogP) is 2.56. The van der Waals surface area contributed by atoms with E-state index < -0.39 is 53.4 Å². The molecule has 3 saturated heterocycles. The summed E-state index contributed by atoms with van der Waals surface area (Å²) in [6.07, 6.45) is -1.90. The second-order valence-corrected chi connectivity index (χ2v) is 10.6. The Kier molecular flexibility index (Phi) is 5.20. The molecule has 2 aromatic carbocycles. The minimum Gasteiger partial charge on any atom is -0.447 e. The number of aromatic nitrogens is 1. The highest BCUT2D eigenvalue weighted by atomic mass is 19.1. The van der Waals surface area contributed by atoms with Crippen molar-refractivity contribution in [2.75, 3.05) is 23.0 Å². The number of fused-ring (bicyclic) bond motifs is 5. The van der Waals surface area contributed by atoms with Crippen LogP contribution in [0.4, 0.5) is 25.5 Å². The van der Waals surface area contributed by atoms with E-state index in [0.29, 0.717) is 5.56 Å². The number of carbonyl (C=O) groups excluding carboxylic acids is 4. The maximum Gasteiger partial charge on any atom is 0.416 e. The third-order valence-corrected chi connectivity index (χ3v) is 8.23. The molecular formula is C27H24FN5O7. The van der Waals surface area contributed by atoms with Gasteiger partial charge in [0.15, 0.2) is 17.1 Å². The quantitative estimate of drug-likeness (QED) is 0.461. The van der Waals surface area contributed by atoms with Gasteiger partial charge in [0.2, 0.25) is 17.4 Å². The largest absolute Gasteiger partial charge is 0.447 e. The molecule has 0 bridgehead atoms. The van der Waals surface area contributed by atoms with Crippen molar-refractivity contribution in [2.45, 2.75) is 44.6 Å². The number of nitrogens with one attached hydrogen (secondary N) is 2. The molecule has 3 fully saturated rings. The Balaban J connectivity index is 1.42. The number of hydrogen-bond acceptors (Lipinski definition) is 9. The van der Waals surface area contributed by atoms with Crippen LogP contribution in [0, 0.1) is 11.2 Å². The van der Waals surface area contributed by atoms with Crippen molar-refractivity contribution in [1.82, 2.24) is 15.8 Å². The zero-order valence-electron chi connectivity index (χ0n) is 21.5. The summed E-state index contributed by atoms with van der Waals surface area (Å²) in [5.74, 6) is -2.25. The molecule has 5 amide bonds. The van der Waals surface area contributed by atoms with Gasteiger partial charge in [-0.25, -0.2) is 18.9 Å². The minimum atomic E-state index is -1.78. The summed E-state index contributed by atoms with van der Waals surface area (Å²) in [4.78, 5) is 54.7. The van der Waals surface area contributed by atoms with Gasteiger partial charge < -0.3 is 18.9 Å².